The molecular weight excluding hydrogens is 532 g/mol. The number of aliphatic hydroxyl groups is 1. The van der Waals surface area contributed by atoms with Crippen molar-refractivity contribution in [2.75, 3.05) is 13.6 Å². The average Bonchev–Trinajstić information content (AvgIpc) is 3.00. The maximum absolute atomic E-state index is 12.2. The predicted molar refractivity (Wildman–Crippen MR) is 160 cm³/mol. The summed E-state index contributed by atoms with van der Waals surface area (Å²) in [5, 5.41) is 12.3. The van der Waals surface area contributed by atoms with Gasteiger partial charge >= 0.3 is 5.97 Å². The van der Waals surface area contributed by atoms with Gasteiger partial charge < -0.3 is 24.6 Å². The minimum absolute atomic E-state index is 0.00659. The topological polar surface area (TPSA) is 97.3 Å². The summed E-state index contributed by atoms with van der Waals surface area (Å²) in [6.45, 7) is 8.20. The highest BCUT2D eigenvalue weighted by Gasteiger charge is 2.39. The predicted octanol–water partition coefficient (Wildman–Crippen LogP) is 5.23. The Labute approximate surface area is 248 Å². The zero-order valence-corrected chi connectivity index (χ0v) is 25.0. The van der Waals surface area contributed by atoms with E-state index in [9.17, 15) is 14.7 Å². The van der Waals surface area contributed by atoms with E-state index in [1.54, 1.807) is 6.92 Å². The number of benzene rings is 3. The highest BCUT2D eigenvalue weighted by Crippen LogP contribution is 2.42. The summed E-state index contributed by atoms with van der Waals surface area (Å²) in [6, 6.07) is 26.3. The van der Waals surface area contributed by atoms with Crippen LogP contribution in [-0.4, -0.2) is 47.7 Å². The van der Waals surface area contributed by atoms with Gasteiger partial charge in [-0.1, -0.05) is 85.8 Å². The van der Waals surface area contributed by atoms with Gasteiger partial charge in [0.25, 0.3) is 5.91 Å². The van der Waals surface area contributed by atoms with E-state index in [4.69, 9.17) is 14.2 Å². The van der Waals surface area contributed by atoms with Crippen LogP contribution >= 0.6 is 0 Å². The molecule has 1 saturated heterocycles. The standard InChI is InChI=1S/C34H42N2O6/c1-22-31(20-36(5)23(2)28-9-7-6-8-10-28)41-34(42-32(22)29-15-13-27(21-37)14-16-29)30-17-11-26(12-18-30)19-35-33(39)24(3)40-25(4)38/h6-18,22-24,31-32,34,37H,19-21H2,1-5H3,(H,35,39)/t22-,23+,24+,31+,32+,34+/m1/s1. The van der Waals surface area contributed by atoms with Crippen molar-refractivity contribution in [2.45, 2.75) is 71.5 Å². The molecule has 8 nitrogen and oxygen atoms in total. The van der Waals surface area contributed by atoms with Gasteiger partial charge in [0, 0.05) is 37.5 Å². The number of ether oxygens (including phenoxy) is 3. The van der Waals surface area contributed by atoms with Gasteiger partial charge in [-0.2, -0.15) is 0 Å². The zero-order valence-electron chi connectivity index (χ0n) is 25.0. The second-order valence-electron chi connectivity index (χ2n) is 11.1. The molecule has 1 fully saturated rings. The minimum atomic E-state index is -0.851. The smallest absolute Gasteiger partial charge is 0.303 e. The minimum Gasteiger partial charge on any atom is -0.453 e. The van der Waals surface area contributed by atoms with Gasteiger partial charge in [0.1, 0.15) is 0 Å². The number of nitrogens with one attached hydrogen (secondary N) is 1. The monoisotopic (exact) mass is 574 g/mol. The number of carbonyl (C=O) groups excluding carboxylic acids is 2. The molecule has 8 heteroatoms. The third-order valence-electron chi connectivity index (χ3n) is 7.97. The van der Waals surface area contributed by atoms with Crippen LogP contribution in [0.3, 0.4) is 0 Å². The van der Waals surface area contributed by atoms with Crippen molar-refractivity contribution in [1.29, 1.82) is 0 Å². The van der Waals surface area contributed by atoms with Gasteiger partial charge in [0.2, 0.25) is 0 Å². The molecule has 3 aromatic carbocycles. The molecule has 2 N–H and O–H groups in total. The first-order valence-electron chi connectivity index (χ1n) is 14.5. The first kappa shape index (κ1) is 31.4. The van der Waals surface area contributed by atoms with E-state index in [1.165, 1.54) is 12.5 Å². The van der Waals surface area contributed by atoms with E-state index < -0.39 is 18.4 Å². The molecule has 1 amide bonds. The zero-order chi connectivity index (χ0) is 30.2. The number of esters is 1. The molecule has 0 spiro atoms. The van der Waals surface area contributed by atoms with Gasteiger partial charge in [0.15, 0.2) is 12.4 Å². The van der Waals surface area contributed by atoms with Crippen molar-refractivity contribution in [1.82, 2.24) is 10.2 Å². The number of hydrogen-bond acceptors (Lipinski definition) is 7. The quantitative estimate of drug-likeness (QED) is 0.303. The Morgan fingerprint density at radius 3 is 2.17 bits per heavy atom. The third-order valence-corrected chi connectivity index (χ3v) is 7.97. The highest BCUT2D eigenvalue weighted by atomic mass is 16.7. The molecule has 6 atom stereocenters. The van der Waals surface area contributed by atoms with Crippen LogP contribution in [0, 0.1) is 5.92 Å². The van der Waals surface area contributed by atoms with Crippen LogP contribution in [0.25, 0.3) is 0 Å². The van der Waals surface area contributed by atoms with Gasteiger partial charge in [-0.15, -0.1) is 0 Å². The maximum atomic E-state index is 12.2. The van der Waals surface area contributed by atoms with E-state index in [0.717, 1.165) is 22.3 Å². The number of nitrogens with zero attached hydrogens (tertiary/aromatic N) is 1. The normalized spacial score (nSPS) is 21.9. The van der Waals surface area contributed by atoms with Crippen LogP contribution in [0.4, 0.5) is 0 Å². The first-order valence-corrected chi connectivity index (χ1v) is 14.5. The molecule has 3 aromatic rings. The van der Waals surface area contributed by atoms with Crippen LogP contribution in [0.5, 0.6) is 0 Å². The molecule has 42 heavy (non-hydrogen) atoms. The van der Waals surface area contributed by atoms with Crippen LogP contribution in [0.2, 0.25) is 0 Å². The molecule has 0 radical (unpaired) electrons. The van der Waals surface area contributed by atoms with E-state index >= 15 is 0 Å². The fourth-order valence-corrected chi connectivity index (χ4v) is 5.18. The number of likely N-dealkylation sites (N-methyl/N-ethyl adjacent to an activating group) is 1. The Morgan fingerprint density at radius 1 is 0.929 bits per heavy atom. The summed E-state index contributed by atoms with van der Waals surface area (Å²) in [7, 11) is 2.12. The number of carbonyl (C=O) groups is 2. The van der Waals surface area contributed by atoms with Crippen LogP contribution in [0.15, 0.2) is 78.9 Å². The summed E-state index contributed by atoms with van der Waals surface area (Å²) in [5.74, 6) is -0.778. The van der Waals surface area contributed by atoms with Crippen molar-refractivity contribution in [3.8, 4) is 0 Å². The van der Waals surface area contributed by atoms with Crippen LogP contribution in [-0.2, 0) is 37.0 Å². The van der Waals surface area contributed by atoms with E-state index in [-0.39, 0.29) is 36.7 Å². The molecule has 0 bridgehead atoms. The highest BCUT2D eigenvalue weighted by molar-refractivity contribution is 5.82. The number of aliphatic hydroxyl groups excluding tert-OH is 1. The van der Waals surface area contributed by atoms with Crippen LogP contribution < -0.4 is 5.32 Å². The lowest BCUT2D eigenvalue weighted by Crippen LogP contribution is -2.44. The lowest BCUT2D eigenvalue weighted by molar-refractivity contribution is -0.276. The number of rotatable bonds is 11. The molecule has 0 aromatic heterocycles. The van der Waals surface area contributed by atoms with Crippen LogP contribution in [0.1, 0.15) is 73.9 Å². The molecule has 0 saturated carbocycles. The molecule has 1 heterocycles. The number of hydrogen-bond donors (Lipinski definition) is 2. The van der Waals surface area contributed by atoms with Crippen molar-refractivity contribution < 1.29 is 28.9 Å². The summed E-state index contributed by atoms with van der Waals surface area (Å²) in [6.07, 6.45) is -1.74. The lowest BCUT2D eigenvalue weighted by atomic mass is 9.89. The second kappa shape index (κ2) is 14.6. The van der Waals surface area contributed by atoms with Crippen molar-refractivity contribution in [3.63, 3.8) is 0 Å². The largest absolute Gasteiger partial charge is 0.453 e. The molecule has 0 unspecified atom stereocenters. The van der Waals surface area contributed by atoms with E-state index in [1.807, 2.05) is 54.6 Å². The summed E-state index contributed by atoms with van der Waals surface area (Å²) < 4.78 is 18.2. The molecule has 4 rings (SSSR count). The Bertz CT molecular complexity index is 1300. The van der Waals surface area contributed by atoms with Crippen molar-refractivity contribution >= 4 is 11.9 Å². The summed E-state index contributed by atoms with van der Waals surface area (Å²) in [4.78, 5) is 25.7. The lowest BCUT2D eigenvalue weighted by Gasteiger charge is -2.43. The number of amides is 1. The summed E-state index contributed by atoms with van der Waals surface area (Å²) in [5.41, 5.74) is 4.92. The van der Waals surface area contributed by atoms with Crippen molar-refractivity contribution in [2.24, 2.45) is 5.92 Å². The average molecular weight is 575 g/mol. The second-order valence-corrected chi connectivity index (χ2v) is 11.1. The Balaban J connectivity index is 1.50. The fourth-order valence-electron chi connectivity index (χ4n) is 5.18. The molecule has 224 valence electrons. The van der Waals surface area contributed by atoms with Gasteiger partial charge in [0.05, 0.1) is 18.8 Å². The first-order chi connectivity index (χ1) is 20.2. The van der Waals surface area contributed by atoms with Gasteiger partial charge in [-0.3, -0.25) is 14.5 Å². The third kappa shape index (κ3) is 8.04. The molecule has 1 aliphatic heterocycles. The van der Waals surface area contributed by atoms with Gasteiger partial charge in [-0.05, 0) is 43.1 Å². The van der Waals surface area contributed by atoms with E-state index in [2.05, 4.69) is 55.4 Å². The molecular formula is C34H42N2O6. The van der Waals surface area contributed by atoms with Crippen molar-refractivity contribution in [3.05, 3.63) is 107 Å². The van der Waals surface area contributed by atoms with E-state index in [0.29, 0.717) is 13.1 Å². The molecule has 1 aliphatic rings. The summed E-state index contributed by atoms with van der Waals surface area (Å²) >= 11 is 0. The maximum Gasteiger partial charge on any atom is 0.303 e. The fraction of sp³-hybridized carbons (Fsp3) is 0.412. The Morgan fingerprint density at radius 2 is 1.55 bits per heavy atom. The molecule has 0 aliphatic carbocycles. The van der Waals surface area contributed by atoms with Gasteiger partial charge in [-0.25, -0.2) is 0 Å². The Hall–Kier alpha value is -3.56. The SMILES string of the molecule is CC(=O)O[C@@H](C)C(=O)NCc1ccc([C@H]2O[C@@H](CN(C)[C@@H](C)c3ccccc3)[C@@H](C)[C@@H](c3ccc(CO)cc3)O2)cc1. The Kier molecular flexibility index (Phi) is 10.9.